The minimum absolute atomic E-state index is 0.0538. The highest BCUT2D eigenvalue weighted by molar-refractivity contribution is 5.77. The van der Waals surface area contributed by atoms with Crippen molar-refractivity contribution in [2.75, 3.05) is 6.54 Å². The van der Waals surface area contributed by atoms with Gasteiger partial charge in [-0.25, -0.2) is 4.98 Å². The average molecular weight is 271 g/mol. The van der Waals surface area contributed by atoms with Gasteiger partial charge in [0.15, 0.2) is 0 Å². The van der Waals surface area contributed by atoms with Crippen LogP contribution in [0, 0.1) is 11.8 Å². The minimum Gasteiger partial charge on any atom is -0.310 e. The van der Waals surface area contributed by atoms with Crippen molar-refractivity contribution >= 4 is 10.9 Å². The second-order valence-corrected chi connectivity index (χ2v) is 5.94. The van der Waals surface area contributed by atoms with Gasteiger partial charge in [0, 0.05) is 0 Å². The van der Waals surface area contributed by atoms with Gasteiger partial charge in [0.2, 0.25) is 0 Å². The van der Waals surface area contributed by atoms with Gasteiger partial charge in [-0.15, -0.1) is 0 Å². The summed E-state index contributed by atoms with van der Waals surface area (Å²) in [7, 11) is 0. The van der Waals surface area contributed by atoms with Gasteiger partial charge in [-0.2, -0.15) is 0 Å². The third kappa shape index (κ3) is 2.90. The van der Waals surface area contributed by atoms with Crippen LogP contribution < -0.4 is 10.9 Å². The number of aromatic amines is 1. The molecule has 1 aliphatic rings. The van der Waals surface area contributed by atoms with Gasteiger partial charge < -0.3 is 10.3 Å². The lowest BCUT2D eigenvalue weighted by molar-refractivity contribution is 0.466. The third-order valence-corrected chi connectivity index (χ3v) is 4.19. The van der Waals surface area contributed by atoms with E-state index in [1.54, 1.807) is 6.07 Å². The highest BCUT2D eigenvalue weighted by Gasteiger charge is 2.20. The number of nitrogens with zero attached hydrogens (tertiary/aromatic N) is 1. The van der Waals surface area contributed by atoms with Gasteiger partial charge in [-0.1, -0.05) is 25.5 Å². The molecule has 2 N–H and O–H groups in total. The van der Waals surface area contributed by atoms with Gasteiger partial charge in [-0.3, -0.25) is 4.79 Å². The van der Waals surface area contributed by atoms with Gasteiger partial charge >= 0.3 is 0 Å². The summed E-state index contributed by atoms with van der Waals surface area (Å²) in [5.41, 5.74) is 0.712. The number of fused-ring (bicyclic) bond motifs is 1. The molecular weight excluding hydrogens is 250 g/mol. The molecule has 1 aromatic carbocycles. The molecule has 1 aromatic heterocycles. The SMILES string of the molecule is CC1CCC(CNCc2nc3ccccc3c(=O)[nH]2)C1. The molecule has 0 amide bonds. The molecule has 2 atom stereocenters. The molecule has 0 radical (unpaired) electrons. The predicted octanol–water partition coefficient (Wildman–Crippen LogP) is 2.45. The van der Waals surface area contributed by atoms with E-state index in [-0.39, 0.29) is 5.56 Å². The van der Waals surface area contributed by atoms with Crippen molar-refractivity contribution in [3.63, 3.8) is 0 Å². The Morgan fingerprint density at radius 1 is 1.35 bits per heavy atom. The van der Waals surface area contributed by atoms with E-state index in [1.807, 2.05) is 18.2 Å². The first kappa shape index (κ1) is 13.3. The van der Waals surface area contributed by atoms with Crippen LogP contribution >= 0.6 is 0 Å². The molecule has 2 unspecified atom stereocenters. The molecular formula is C16H21N3O. The first-order valence-corrected chi connectivity index (χ1v) is 7.41. The van der Waals surface area contributed by atoms with Crippen molar-refractivity contribution in [2.45, 2.75) is 32.7 Å². The Kier molecular flexibility index (Phi) is 3.83. The Hall–Kier alpha value is -1.68. The zero-order valence-corrected chi connectivity index (χ0v) is 11.9. The molecule has 1 saturated carbocycles. The fraction of sp³-hybridized carbons (Fsp3) is 0.500. The minimum atomic E-state index is -0.0538. The van der Waals surface area contributed by atoms with Crippen LogP contribution in [0.4, 0.5) is 0 Å². The monoisotopic (exact) mass is 271 g/mol. The van der Waals surface area contributed by atoms with E-state index in [2.05, 4.69) is 22.2 Å². The zero-order valence-electron chi connectivity index (χ0n) is 11.9. The number of aromatic nitrogens is 2. The molecule has 3 rings (SSSR count). The first-order chi connectivity index (χ1) is 9.72. The summed E-state index contributed by atoms with van der Waals surface area (Å²) in [5.74, 6) is 2.36. The lowest BCUT2D eigenvalue weighted by Crippen LogP contribution is -2.24. The molecule has 1 heterocycles. The lowest BCUT2D eigenvalue weighted by atomic mass is 10.1. The van der Waals surface area contributed by atoms with E-state index >= 15 is 0 Å². The zero-order chi connectivity index (χ0) is 13.9. The number of rotatable bonds is 4. The van der Waals surface area contributed by atoms with Gasteiger partial charge in [0.25, 0.3) is 5.56 Å². The van der Waals surface area contributed by atoms with E-state index in [4.69, 9.17) is 0 Å². The highest BCUT2D eigenvalue weighted by Crippen LogP contribution is 2.29. The fourth-order valence-corrected chi connectivity index (χ4v) is 3.12. The number of benzene rings is 1. The lowest BCUT2D eigenvalue weighted by Gasteiger charge is -2.10. The van der Waals surface area contributed by atoms with Crippen LogP contribution in [-0.4, -0.2) is 16.5 Å². The van der Waals surface area contributed by atoms with Crippen molar-refractivity contribution < 1.29 is 0 Å². The van der Waals surface area contributed by atoms with Crippen LogP contribution in [0.1, 0.15) is 32.0 Å². The molecule has 0 bridgehead atoms. The van der Waals surface area contributed by atoms with E-state index < -0.39 is 0 Å². The molecule has 2 aromatic rings. The molecule has 4 heteroatoms. The van der Waals surface area contributed by atoms with E-state index in [9.17, 15) is 4.79 Å². The topological polar surface area (TPSA) is 57.8 Å². The first-order valence-electron chi connectivity index (χ1n) is 7.41. The number of H-pyrrole nitrogens is 1. The van der Waals surface area contributed by atoms with Crippen LogP contribution in [-0.2, 0) is 6.54 Å². The summed E-state index contributed by atoms with van der Waals surface area (Å²) < 4.78 is 0. The van der Waals surface area contributed by atoms with Gasteiger partial charge in [0.1, 0.15) is 5.82 Å². The maximum absolute atomic E-state index is 11.9. The van der Waals surface area contributed by atoms with Crippen LogP contribution in [0.15, 0.2) is 29.1 Å². The van der Waals surface area contributed by atoms with Crippen LogP contribution in [0.25, 0.3) is 10.9 Å². The molecule has 1 fully saturated rings. The average Bonchev–Trinajstić information content (AvgIpc) is 2.85. The Bertz CT molecular complexity index is 649. The predicted molar refractivity (Wildman–Crippen MR) is 80.6 cm³/mol. The molecule has 20 heavy (non-hydrogen) atoms. The van der Waals surface area contributed by atoms with Crippen molar-refractivity contribution in [1.82, 2.24) is 15.3 Å². The molecule has 0 saturated heterocycles. The maximum atomic E-state index is 11.9. The molecule has 0 spiro atoms. The fourth-order valence-electron chi connectivity index (χ4n) is 3.12. The Morgan fingerprint density at radius 3 is 3.00 bits per heavy atom. The summed E-state index contributed by atoms with van der Waals surface area (Å²) in [5, 5.41) is 4.08. The van der Waals surface area contributed by atoms with Gasteiger partial charge in [-0.05, 0) is 43.4 Å². The standard InChI is InChI=1S/C16H21N3O/c1-11-6-7-12(8-11)9-17-10-15-18-14-5-3-2-4-13(14)16(20)19-15/h2-5,11-12,17H,6-10H2,1H3,(H,18,19,20). The number of nitrogens with one attached hydrogen (secondary N) is 2. The normalized spacial score (nSPS) is 22.4. The summed E-state index contributed by atoms with van der Waals surface area (Å²) in [6.45, 7) is 3.97. The van der Waals surface area contributed by atoms with Crippen LogP contribution in [0.3, 0.4) is 0 Å². The summed E-state index contributed by atoms with van der Waals surface area (Å²) in [6.07, 6.45) is 3.97. The van der Waals surface area contributed by atoms with Gasteiger partial charge in [0.05, 0.1) is 17.4 Å². The third-order valence-electron chi connectivity index (χ3n) is 4.19. The smallest absolute Gasteiger partial charge is 0.258 e. The highest BCUT2D eigenvalue weighted by atomic mass is 16.1. The second-order valence-electron chi connectivity index (χ2n) is 5.94. The number of hydrogen-bond donors (Lipinski definition) is 2. The van der Waals surface area contributed by atoms with Crippen LogP contribution in [0.2, 0.25) is 0 Å². The molecule has 106 valence electrons. The van der Waals surface area contributed by atoms with Crippen LogP contribution in [0.5, 0.6) is 0 Å². The Morgan fingerprint density at radius 2 is 2.20 bits per heavy atom. The quantitative estimate of drug-likeness (QED) is 0.898. The van der Waals surface area contributed by atoms with Crippen molar-refractivity contribution in [2.24, 2.45) is 11.8 Å². The largest absolute Gasteiger partial charge is 0.310 e. The van der Waals surface area contributed by atoms with E-state index in [0.29, 0.717) is 11.9 Å². The Labute approximate surface area is 118 Å². The Balaban J connectivity index is 1.64. The number of para-hydroxylation sites is 1. The van der Waals surface area contributed by atoms with Crippen molar-refractivity contribution in [3.8, 4) is 0 Å². The second kappa shape index (κ2) is 5.75. The summed E-state index contributed by atoms with van der Waals surface area (Å²) >= 11 is 0. The summed E-state index contributed by atoms with van der Waals surface area (Å²) in [6, 6.07) is 7.45. The molecule has 1 aliphatic carbocycles. The summed E-state index contributed by atoms with van der Waals surface area (Å²) in [4.78, 5) is 19.3. The van der Waals surface area contributed by atoms with E-state index in [1.165, 1.54) is 19.3 Å². The van der Waals surface area contributed by atoms with E-state index in [0.717, 1.165) is 29.7 Å². The number of hydrogen-bond acceptors (Lipinski definition) is 3. The maximum Gasteiger partial charge on any atom is 0.258 e. The van der Waals surface area contributed by atoms with Crippen molar-refractivity contribution in [1.29, 1.82) is 0 Å². The molecule has 0 aliphatic heterocycles. The molecule has 4 nitrogen and oxygen atoms in total. The van der Waals surface area contributed by atoms with Crippen molar-refractivity contribution in [3.05, 3.63) is 40.4 Å².